The number of halogens is 1. The molecule has 7 heteroatoms. The Labute approximate surface area is 208 Å². The zero-order valence-electron chi connectivity index (χ0n) is 19.4. The number of carbonyl (C=O) groups excluding carboxylic acids is 2. The van der Waals surface area contributed by atoms with Crippen molar-refractivity contribution in [3.63, 3.8) is 0 Å². The SMILES string of the molecule is Cc1ccc(C(=O)N/C(=C\c2ccccc2Cl)C(=O)N2CC3CC(C2)c2cccc(=O)n2C3)cc1. The molecule has 0 spiro atoms. The van der Waals surface area contributed by atoms with Crippen molar-refractivity contribution in [2.24, 2.45) is 5.92 Å². The normalized spacial score (nSPS) is 19.1. The Kier molecular flexibility index (Phi) is 6.31. The standard InChI is InChI=1S/C28H26ClN3O3/c1-18-9-11-20(12-10-18)27(34)30-24(14-21-5-2-3-6-23(21)29)28(35)31-15-19-13-22(17-31)25-7-4-8-26(33)32(25)16-19/h2-12,14,19,22H,13,15-17H2,1H3,(H,30,34)/b24-14-. The summed E-state index contributed by atoms with van der Waals surface area (Å²) in [5.74, 6) is -0.355. The van der Waals surface area contributed by atoms with Crippen LogP contribution in [-0.4, -0.2) is 34.4 Å². The van der Waals surface area contributed by atoms with Gasteiger partial charge in [0.15, 0.2) is 0 Å². The molecule has 2 atom stereocenters. The van der Waals surface area contributed by atoms with Crippen LogP contribution in [0.5, 0.6) is 0 Å². The van der Waals surface area contributed by atoms with Gasteiger partial charge in [-0.2, -0.15) is 0 Å². The highest BCUT2D eigenvalue weighted by molar-refractivity contribution is 6.32. The Balaban J connectivity index is 1.45. The summed E-state index contributed by atoms with van der Waals surface area (Å²) in [6, 6.07) is 19.7. The van der Waals surface area contributed by atoms with E-state index >= 15 is 0 Å². The first-order valence-electron chi connectivity index (χ1n) is 11.7. The average molecular weight is 488 g/mol. The van der Waals surface area contributed by atoms with Crippen LogP contribution in [-0.2, 0) is 11.3 Å². The molecule has 2 bridgehead atoms. The first-order chi connectivity index (χ1) is 16.9. The monoisotopic (exact) mass is 487 g/mol. The van der Waals surface area contributed by atoms with Crippen molar-refractivity contribution < 1.29 is 9.59 Å². The molecule has 0 saturated carbocycles. The van der Waals surface area contributed by atoms with E-state index in [0.717, 1.165) is 17.7 Å². The smallest absolute Gasteiger partial charge is 0.270 e. The van der Waals surface area contributed by atoms with Gasteiger partial charge >= 0.3 is 0 Å². The summed E-state index contributed by atoms with van der Waals surface area (Å²) in [5.41, 5.74) is 3.30. The number of aromatic nitrogens is 1. The summed E-state index contributed by atoms with van der Waals surface area (Å²) in [6.45, 7) is 3.55. The van der Waals surface area contributed by atoms with E-state index in [1.807, 2.05) is 41.8 Å². The molecule has 1 aromatic heterocycles. The van der Waals surface area contributed by atoms with Crippen molar-refractivity contribution in [3.05, 3.63) is 110 Å². The van der Waals surface area contributed by atoms with E-state index in [4.69, 9.17) is 11.6 Å². The van der Waals surface area contributed by atoms with Crippen LogP contribution in [0.25, 0.3) is 6.08 Å². The molecule has 5 rings (SSSR count). The van der Waals surface area contributed by atoms with Crippen molar-refractivity contribution in [2.45, 2.75) is 25.8 Å². The van der Waals surface area contributed by atoms with Crippen LogP contribution in [0.3, 0.4) is 0 Å². The Morgan fingerprint density at radius 2 is 1.74 bits per heavy atom. The molecular formula is C28H26ClN3O3. The second-order valence-corrected chi connectivity index (χ2v) is 9.72. The third-order valence-electron chi connectivity index (χ3n) is 6.76. The highest BCUT2D eigenvalue weighted by atomic mass is 35.5. The molecule has 3 aromatic rings. The number of pyridine rings is 1. The van der Waals surface area contributed by atoms with Gasteiger partial charge in [0.1, 0.15) is 5.70 Å². The Morgan fingerprint density at radius 1 is 0.971 bits per heavy atom. The molecule has 0 aliphatic carbocycles. The van der Waals surface area contributed by atoms with Gasteiger partial charge < -0.3 is 14.8 Å². The number of nitrogens with one attached hydrogen (secondary N) is 1. The number of aryl methyl sites for hydroxylation is 1. The summed E-state index contributed by atoms with van der Waals surface area (Å²) in [7, 11) is 0. The lowest BCUT2D eigenvalue weighted by Crippen LogP contribution is -2.50. The van der Waals surface area contributed by atoms with Crippen molar-refractivity contribution in [3.8, 4) is 0 Å². The van der Waals surface area contributed by atoms with Crippen LogP contribution in [0, 0.1) is 12.8 Å². The zero-order chi connectivity index (χ0) is 24.5. The zero-order valence-corrected chi connectivity index (χ0v) is 20.2. The first-order valence-corrected chi connectivity index (χ1v) is 12.1. The number of amides is 2. The number of likely N-dealkylation sites (tertiary alicyclic amines) is 1. The van der Waals surface area contributed by atoms with E-state index in [-0.39, 0.29) is 34.9 Å². The molecule has 0 radical (unpaired) electrons. The van der Waals surface area contributed by atoms with Crippen LogP contribution in [0.4, 0.5) is 0 Å². The quantitative estimate of drug-likeness (QED) is 0.560. The number of hydrogen-bond donors (Lipinski definition) is 1. The van der Waals surface area contributed by atoms with Crippen molar-refractivity contribution >= 4 is 29.5 Å². The Hall–Kier alpha value is -3.64. The molecule has 3 heterocycles. The fourth-order valence-corrected chi connectivity index (χ4v) is 5.22. The van der Waals surface area contributed by atoms with Gasteiger partial charge in [0.2, 0.25) is 0 Å². The molecule has 178 valence electrons. The van der Waals surface area contributed by atoms with Gasteiger partial charge in [-0.05, 0) is 55.2 Å². The van der Waals surface area contributed by atoms with Crippen molar-refractivity contribution in [1.82, 2.24) is 14.8 Å². The highest BCUT2D eigenvalue weighted by Crippen LogP contribution is 2.35. The summed E-state index contributed by atoms with van der Waals surface area (Å²) < 4.78 is 1.83. The number of fused-ring (bicyclic) bond motifs is 4. The van der Waals surface area contributed by atoms with Crippen molar-refractivity contribution in [1.29, 1.82) is 0 Å². The van der Waals surface area contributed by atoms with Gasteiger partial charge in [-0.1, -0.05) is 53.6 Å². The maximum Gasteiger partial charge on any atom is 0.270 e. The molecule has 1 saturated heterocycles. The third kappa shape index (κ3) is 4.80. The van der Waals surface area contributed by atoms with E-state index in [1.54, 1.807) is 47.4 Å². The van der Waals surface area contributed by atoms with E-state index in [1.165, 1.54) is 0 Å². The second kappa shape index (κ2) is 9.55. The third-order valence-corrected chi connectivity index (χ3v) is 7.11. The highest BCUT2D eigenvalue weighted by Gasteiger charge is 2.37. The second-order valence-electron chi connectivity index (χ2n) is 9.31. The van der Waals surface area contributed by atoms with Gasteiger partial charge in [0.25, 0.3) is 17.4 Å². The minimum absolute atomic E-state index is 0.00152. The number of nitrogens with zero attached hydrogens (tertiary/aromatic N) is 2. The predicted molar refractivity (Wildman–Crippen MR) is 136 cm³/mol. The minimum atomic E-state index is -0.356. The number of benzene rings is 2. The van der Waals surface area contributed by atoms with Gasteiger partial charge in [0.05, 0.1) is 0 Å². The molecule has 2 unspecified atom stereocenters. The number of piperidine rings is 1. The lowest BCUT2D eigenvalue weighted by Gasteiger charge is -2.43. The topological polar surface area (TPSA) is 71.4 Å². The lowest BCUT2D eigenvalue weighted by molar-refractivity contribution is -0.130. The minimum Gasteiger partial charge on any atom is -0.336 e. The summed E-state index contributed by atoms with van der Waals surface area (Å²) >= 11 is 6.36. The summed E-state index contributed by atoms with van der Waals surface area (Å²) in [4.78, 5) is 40.9. The van der Waals surface area contributed by atoms with E-state index in [9.17, 15) is 14.4 Å². The maximum atomic E-state index is 13.8. The number of hydrogen-bond acceptors (Lipinski definition) is 3. The van der Waals surface area contributed by atoms with Gasteiger partial charge in [0, 0.05) is 47.9 Å². The molecule has 1 fully saturated rings. The summed E-state index contributed by atoms with van der Waals surface area (Å²) in [6.07, 6.45) is 2.58. The first kappa shape index (κ1) is 23.1. The molecule has 1 N–H and O–H groups in total. The fraction of sp³-hybridized carbons (Fsp3) is 0.250. The van der Waals surface area contributed by atoms with Gasteiger partial charge in [-0.25, -0.2) is 0 Å². The maximum absolute atomic E-state index is 13.8. The molecule has 2 aliphatic rings. The fourth-order valence-electron chi connectivity index (χ4n) is 5.03. The molecule has 2 aromatic carbocycles. The lowest BCUT2D eigenvalue weighted by atomic mass is 9.83. The van der Waals surface area contributed by atoms with Crippen LogP contribution in [0.1, 0.15) is 39.5 Å². The predicted octanol–water partition coefficient (Wildman–Crippen LogP) is 4.23. The average Bonchev–Trinajstić information content (AvgIpc) is 2.85. The summed E-state index contributed by atoms with van der Waals surface area (Å²) in [5, 5.41) is 3.33. The van der Waals surface area contributed by atoms with Crippen LogP contribution in [0.15, 0.2) is 77.2 Å². The molecule has 2 amide bonds. The van der Waals surface area contributed by atoms with Gasteiger partial charge in [-0.15, -0.1) is 0 Å². The molecule has 6 nitrogen and oxygen atoms in total. The largest absolute Gasteiger partial charge is 0.336 e. The van der Waals surface area contributed by atoms with Crippen LogP contribution in [0.2, 0.25) is 5.02 Å². The van der Waals surface area contributed by atoms with Crippen LogP contribution >= 0.6 is 11.6 Å². The Bertz CT molecular complexity index is 1380. The van der Waals surface area contributed by atoms with Crippen molar-refractivity contribution in [2.75, 3.05) is 13.1 Å². The number of rotatable bonds is 4. The molecule has 35 heavy (non-hydrogen) atoms. The Morgan fingerprint density at radius 3 is 2.51 bits per heavy atom. The number of carbonyl (C=O) groups is 2. The van der Waals surface area contributed by atoms with E-state index < -0.39 is 0 Å². The molecular weight excluding hydrogens is 462 g/mol. The molecule has 2 aliphatic heterocycles. The van der Waals surface area contributed by atoms with Crippen LogP contribution < -0.4 is 10.9 Å². The van der Waals surface area contributed by atoms with E-state index in [2.05, 4.69) is 5.32 Å². The van der Waals surface area contributed by atoms with E-state index in [0.29, 0.717) is 35.8 Å². The van der Waals surface area contributed by atoms with Gasteiger partial charge in [-0.3, -0.25) is 14.4 Å².